The summed E-state index contributed by atoms with van der Waals surface area (Å²) in [6.07, 6.45) is 0.928. The zero-order chi connectivity index (χ0) is 14.5. The summed E-state index contributed by atoms with van der Waals surface area (Å²) < 4.78 is 0. The van der Waals surface area contributed by atoms with Gasteiger partial charge in [-0.15, -0.1) is 0 Å². The number of carbonyl (C=O) groups is 1. The minimum Gasteiger partial charge on any atom is -0.399 e. The highest BCUT2D eigenvalue weighted by Gasteiger charge is 2.20. The second-order valence-corrected chi connectivity index (χ2v) is 5.32. The lowest BCUT2D eigenvalue weighted by Gasteiger charge is -2.35. The number of anilines is 2. The number of nitrogens with zero attached hydrogens (tertiary/aromatic N) is 2. The summed E-state index contributed by atoms with van der Waals surface area (Å²) in [5, 5.41) is 2.93. The van der Waals surface area contributed by atoms with Gasteiger partial charge < -0.3 is 20.9 Å². The topological polar surface area (TPSA) is 61.6 Å². The molecule has 2 rings (SSSR count). The van der Waals surface area contributed by atoms with Crippen molar-refractivity contribution in [1.29, 1.82) is 0 Å². The molecule has 5 nitrogen and oxygen atoms in total. The van der Waals surface area contributed by atoms with Crippen molar-refractivity contribution < 1.29 is 4.79 Å². The number of nitrogen functional groups attached to an aromatic ring is 1. The first-order chi connectivity index (χ1) is 9.61. The first-order valence-electron chi connectivity index (χ1n) is 7.23. The van der Waals surface area contributed by atoms with E-state index in [4.69, 9.17) is 5.73 Å². The molecule has 3 N–H and O–H groups in total. The zero-order valence-corrected chi connectivity index (χ0v) is 12.4. The number of hydrogen-bond donors (Lipinski definition) is 2. The molecule has 1 aliphatic heterocycles. The number of piperazine rings is 1. The fourth-order valence-electron chi connectivity index (χ4n) is 2.39. The van der Waals surface area contributed by atoms with E-state index in [0.29, 0.717) is 17.8 Å². The number of amides is 1. The molecule has 5 heteroatoms. The van der Waals surface area contributed by atoms with Crippen LogP contribution in [0.15, 0.2) is 18.2 Å². The van der Waals surface area contributed by atoms with Gasteiger partial charge >= 0.3 is 0 Å². The molecule has 0 aromatic heterocycles. The third-order valence-electron chi connectivity index (χ3n) is 3.64. The Hall–Kier alpha value is -1.75. The minimum atomic E-state index is -0.0342. The number of nitrogens with two attached hydrogens (primary N) is 1. The predicted octanol–water partition coefficient (Wildman–Crippen LogP) is 1.16. The van der Waals surface area contributed by atoms with Crippen LogP contribution >= 0.6 is 0 Å². The lowest BCUT2D eigenvalue weighted by atomic mass is 10.1. The highest BCUT2D eigenvalue weighted by molar-refractivity contribution is 6.00. The van der Waals surface area contributed by atoms with Gasteiger partial charge in [-0.3, -0.25) is 4.79 Å². The van der Waals surface area contributed by atoms with Crippen molar-refractivity contribution in [2.24, 2.45) is 0 Å². The van der Waals surface area contributed by atoms with Crippen molar-refractivity contribution in [3.8, 4) is 0 Å². The standard InChI is InChI=1S/C15H24N4O/c1-3-6-17-15(20)13-11-12(16)4-5-14(13)19-9-7-18(2)8-10-19/h4-5,11H,3,6-10,16H2,1-2H3,(H,17,20). The Kier molecular flexibility index (Phi) is 4.84. The van der Waals surface area contributed by atoms with E-state index in [1.54, 1.807) is 6.07 Å². The summed E-state index contributed by atoms with van der Waals surface area (Å²) >= 11 is 0. The van der Waals surface area contributed by atoms with E-state index < -0.39 is 0 Å². The Morgan fingerprint density at radius 2 is 2.00 bits per heavy atom. The number of hydrogen-bond acceptors (Lipinski definition) is 4. The highest BCUT2D eigenvalue weighted by atomic mass is 16.1. The van der Waals surface area contributed by atoms with Crippen molar-refractivity contribution >= 4 is 17.3 Å². The van der Waals surface area contributed by atoms with Crippen LogP contribution in [0.2, 0.25) is 0 Å². The van der Waals surface area contributed by atoms with Gasteiger partial charge in [0.15, 0.2) is 0 Å². The summed E-state index contributed by atoms with van der Waals surface area (Å²) in [6.45, 7) is 6.64. The van der Waals surface area contributed by atoms with Crippen molar-refractivity contribution in [2.45, 2.75) is 13.3 Å². The Morgan fingerprint density at radius 3 is 2.65 bits per heavy atom. The maximum absolute atomic E-state index is 12.3. The molecule has 1 fully saturated rings. The quantitative estimate of drug-likeness (QED) is 0.810. The predicted molar refractivity (Wildman–Crippen MR) is 83.2 cm³/mol. The number of likely N-dealkylation sites (N-methyl/N-ethyl adjacent to an activating group) is 1. The smallest absolute Gasteiger partial charge is 0.253 e. The molecule has 1 aromatic carbocycles. The second-order valence-electron chi connectivity index (χ2n) is 5.32. The Morgan fingerprint density at radius 1 is 1.30 bits per heavy atom. The van der Waals surface area contributed by atoms with Gasteiger partial charge in [0.2, 0.25) is 0 Å². The summed E-state index contributed by atoms with van der Waals surface area (Å²) in [6, 6.07) is 5.60. The maximum Gasteiger partial charge on any atom is 0.253 e. The van der Waals surface area contributed by atoms with E-state index in [9.17, 15) is 4.79 Å². The van der Waals surface area contributed by atoms with Gasteiger partial charge in [-0.1, -0.05) is 6.92 Å². The van der Waals surface area contributed by atoms with Crippen LogP contribution in [0.1, 0.15) is 23.7 Å². The molecule has 0 bridgehead atoms. The van der Waals surface area contributed by atoms with Gasteiger partial charge in [0.25, 0.3) is 5.91 Å². The van der Waals surface area contributed by atoms with E-state index in [1.807, 2.05) is 19.1 Å². The van der Waals surface area contributed by atoms with Gasteiger partial charge in [-0.2, -0.15) is 0 Å². The van der Waals surface area contributed by atoms with Crippen LogP contribution in [-0.2, 0) is 0 Å². The van der Waals surface area contributed by atoms with Crippen LogP contribution in [0, 0.1) is 0 Å². The molecule has 1 aliphatic rings. The summed E-state index contributed by atoms with van der Waals surface area (Å²) in [7, 11) is 2.12. The zero-order valence-electron chi connectivity index (χ0n) is 12.4. The number of nitrogens with one attached hydrogen (secondary N) is 1. The number of rotatable bonds is 4. The molecule has 0 spiro atoms. The van der Waals surface area contributed by atoms with Crippen LogP contribution in [0.3, 0.4) is 0 Å². The van der Waals surface area contributed by atoms with Crippen molar-refractivity contribution in [1.82, 2.24) is 10.2 Å². The van der Waals surface area contributed by atoms with Gasteiger partial charge in [0.1, 0.15) is 0 Å². The largest absolute Gasteiger partial charge is 0.399 e. The lowest BCUT2D eigenvalue weighted by molar-refractivity contribution is 0.0954. The van der Waals surface area contributed by atoms with Crippen molar-refractivity contribution in [3.05, 3.63) is 23.8 Å². The molecule has 1 aromatic rings. The number of benzene rings is 1. The number of carbonyl (C=O) groups excluding carboxylic acids is 1. The molecular weight excluding hydrogens is 252 g/mol. The van der Waals surface area contributed by atoms with E-state index in [-0.39, 0.29) is 5.91 Å². The van der Waals surface area contributed by atoms with E-state index in [1.165, 1.54) is 0 Å². The molecule has 1 heterocycles. The van der Waals surface area contributed by atoms with E-state index in [0.717, 1.165) is 38.3 Å². The average molecular weight is 276 g/mol. The van der Waals surface area contributed by atoms with E-state index in [2.05, 4.69) is 22.2 Å². The fraction of sp³-hybridized carbons (Fsp3) is 0.533. The summed E-state index contributed by atoms with van der Waals surface area (Å²) in [5.41, 5.74) is 8.14. The van der Waals surface area contributed by atoms with Crippen LogP contribution in [-0.4, -0.2) is 50.6 Å². The molecular formula is C15H24N4O. The minimum absolute atomic E-state index is 0.0342. The first-order valence-corrected chi connectivity index (χ1v) is 7.23. The SMILES string of the molecule is CCCNC(=O)c1cc(N)ccc1N1CCN(C)CC1. The van der Waals surface area contributed by atoms with Gasteiger partial charge in [-0.05, 0) is 31.7 Å². The van der Waals surface area contributed by atoms with Crippen LogP contribution in [0.25, 0.3) is 0 Å². The molecule has 1 saturated heterocycles. The molecule has 0 atom stereocenters. The Labute approximate surface area is 120 Å². The molecule has 0 unspecified atom stereocenters. The highest BCUT2D eigenvalue weighted by Crippen LogP contribution is 2.24. The Bertz CT molecular complexity index is 467. The first kappa shape index (κ1) is 14.7. The normalized spacial score (nSPS) is 16.2. The molecule has 0 aliphatic carbocycles. The van der Waals surface area contributed by atoms with Gasteiger partial charge in [-0.25, -0.2) is 0 Å². The van der Waals surface area contributed by atoms with Crippen molar-refractivity contribution in [2.75, 3.05) is 50.4 Å². The summed E-state index contributed by atoms with van der Waals surface area (Å²) in [5.74, 6) is -0.0342. The van der Waals surface area contributed by atoms with Crippen LogP contribution in [0.4, 0.5) is 11.4 Å². The van der Waals surface area contributed by atoms with Gasteiger partial charge in [0, 0.05) is 44.1 Å². The Balaban J connectivity index is 2.21. The van der Waals surface area contributed by atoms with Gasteiger partial charge in [0.05, 0.1) is 5.56 Å². The van der Waals surface area contributed by atoms with E-state index >= 15 is 0 Å². The molecule has 0 radical (unpaired) electrons. The van der Waals surface area contributed by atoms with Crippen LogP contribution < -0.4 is 16.0 Å². The third kappa shape index (κ3) is 3.42. The van der Waals surface area contributed by atoms with Crippen LogP contribution in [0.5, 0.6) is 0 Å². The molecule has 0 saturated carbocycles. The molecule has 110 valence electrons. The second kappa shape index (κ2) is 6.61. The maximum atomic E-state index is 12.3. The lowest BCUT2D eigenvalue weighted by Crippen LogP contribution is -2.45. The fourth-order valence-corrected chi connectivity index (χ4v) is 2.39. The average Bonchev–Trinajstić information content (AvgIpc) is 2.46. The summed E-state index contributed by atoms with van der Waals surface area (Å²) in [4.78, 5) is 16.8. The third-order valence-corrected chi connectivity index (χ3v) is 3.64. The van der Waals surface area contributed by atoms with Crippen molar-refractivity contribution in [3.63, 3.8) is 0 Å². The molecule has 1 amide bonds. The molecule has 20 heavy (non-hydrogen) atoms. The monoisotopic (exact) mass is 276 g/mol.